The number of fused-ring (bicyclic) bond motifs is 1. The molecule has 1 nitrogen and oxygen atoms in total. The highest BCUT2D eigenvalue weighted by Crippen LogP contribution is 2.36. The van der Waals surface area contributed by atoms with E-state index in [1.807, 2.05) is 11.3 Å². The van der Waals surface area contributed by atoms with Gasteiger partial charge in [-0.1, -0.05) is 31.7 Å². The standard InChI is InChI=1S/C15H19NS/c1-5-12-13-9-7-8-10-14(13)17-15(12)11(3)16(4)6-2/h7-10H,3,5-6H2,1-2,4H3. The van der Waals surface area contributed by atoms with Gasteiger partial charge >= 0.3 is 0 Å². The number of rotatable bonds is 4. The zero-order chi connectivity index (χ0) is 12.4. The predicted molar refractivity (Wildman–Crippen MR) is 78.5 cm³/mol. The van der Waals surface area contributed by atoms with Crippen LogP contribution in [0.1, 0.15) is 24.3 Å². The second-order valence-electron chi connectivity index (χ2n) is 4.22. The van der Waals surface area contributed by atoms with Gasteiger partial charge in [-0.25, -0.2) is 0 Å². The lowest BCUT2D eigenvalue weighted by atomic mass is 10.1. The molecular formula is C15H19NS. The molecule has 1 heterocycles. The van der Waals surface area contributed by atoms with Crippen molar-refractivity contribution in [3.8, 4) is 0 Å². The molecule has 2 heteroatoms. The van der Waals surface area contributed by atoms with Crippen LogP contribution in [0.3, 0.4) is 0 Å². The van der Waals surface area contributed by atoms with Crippen LogP contribution in [0.5, 0.6) is 0 Å². The van der Waals surface area contributed by atoms with Gasteiger partial charge in [0.25, 0.3) is 0 Å². The van der Waals surface area contributed by atoms with Crippen LogP contribution in [0, 0.1) is 0 Å². The van der Waals surface area contributed by atoms with Crippen LogP contribution in [0.25, 0.3) is 15.8 Å². The zero-order valence-electron chi connectivity index (χ0n) is 10.8. The maximum atomic E-state index is 4.24. The fraction of sp³-hybridized carbons (Fsp3) is 0.333. The van der Waals surface area contributed by atoms with Gasteiger partial charge in [-0.15, -0.1) is 11.3 Å². The van der Waals surface area contributed by atoms with Crippen LogP contribution >= 0.6 is 11.3 Å². The maximum absolute atomic E-state index is 4.24. The molecule has 0 saturated heterocycles. The van der Waals surface area contributed by atoms with E-state index in [2.05, 4.69) is 56.6 Å². The van der Waals surface area contributed by atoms with E-state index in [-0.39, 0.29) is 0 Å². The maximum Gasteiger partial charge on any atom is 0.0542 e. The predicted octanol–water partition coefficient (Wildman–Crippen LogP) is 4.39. The first-order chi connectivity index (χ1) is 8.19. The summed E-state index contributed by atoms with van der Waals surface area (Å²) >= 11 is 1.86. The van der Waals surface area contributed by atoms with Crippen molar-refractivity contribution in [1.29, 1.82) is 0 Å². The summed E-state index contributed by atoms with van der Waals surface area (Å²) in [6, 6.07) is 8.63. The highest BCUT2D eigenvalue weighted by atomic mass is 32.1. The molecule has 1 aromatic heterocycles. The van der Waals surface area contributed by atoms with Gasteiger partial charge < -0.3 is 4.90 Å². The molecule has 17 heavy (non-hydrogen) atoms. The first-order valence-corrected chi connectivity index (χ1v) is 6.91. The molecule has 0 spiro atoms. The monoisotopic (exact) mass is 245 g/mol. The van der Waals surface area contributed by atoms with E-state index in [1.54, 1.807) is 0 Å². The third-order valence-corrected chi connectivity index (χ3v) is 4.51. The van der Waals surface area contributed by atoms with Gasteiger partial charge in [-0.05, 0) is 30.4 Å². The summed E-state index contributed by atoms with van der Waals surface area (Å²) in [7, 11) is 2.10. The third-order valence-electron chi connectivity index (χ3n) is 3.25. The molecule has 90 valence electrons. The Labute approximate surface area is 107 Å². The molecule has 0 aliphatic carbocycles. The zero-order valence-corrected chi connectivity index (χ0v) is 11.6. The summed E-state index contributed by atoms with van der Waals surface area (Å²) in [5, 5.41) is 1.39. The second kappa shape index (κ2) is 4.92. The summed E-state index contributed by atoms with van der Waals surface area (Å²) in [4.78, 5) is 3.56. The molecule has 0 N–H and O–H groups in total. The lowest BCUT2D eigenvalue weighted by Gasteiger charge is -2.19. The van der Waals surface area contributed by atoms with Gasteiger partial charge in [-0.2, -0.15) is 0 Å². The van der Waals surface area contributed by atoms with Gasteiger partial charge in [0, 0.05) is 24.0 Å². The van der Waals surface area contributed by atoms with Crippen molar-refractivity contribution in [3.05, 3.63) is 41.3 Å². The molecule has 0 unspecified atom stereocenters. The summed E-state index contributed by atoms with van der Waals surface area (Å²) in [6.45, 7) is 9.61. The van der Waals surface area contributed by atoms with Gasteiger partial charge in [0.15, 0.2) is 0 Å². The number of benzene rings is 1. The highest BCUT2D eigenvalue weighted by Gasteiger charge is 2.14. The van der Waals surface area contributed by atoms with Gasteiger partial charge in [0.2, 0.25) is 0 Å². The molecule has 0 saturated carbocycles. The van der Waals surface area contributed by atoms with Crippen LogP contribution in [-0.4, -0.2) is 18.5 Å². The normalized spacial score (nSPS) is 10.8. The average Bonchev–Trinajstić information content (AvgIpc) is 2.75. The third kappa shape index (κ3) is 2.09. The highest BCUT2D eigenvalue weighted by molar-refractivity contribution is 7.20. The molecule has 2 rings (SSSR count). The fourth-order valence-corrected chi connectivity index (χ4v) is 3.37. The van der Waals surface area contributed by atoms with Crippen molar-refractivity contribution in [2.45, 2.75) is 20.3 Å². The second-order valence-corrected chi connectivity index (χ2v) is 5.27. The fourth-order valence-electron chi connectivity index (χ4n) is 2.05. The van der Waals surface area contributed by atoms with Gasteiger partial charge in [-0.3, -0.25) is 0 Å². The Morgan fingerprint density at radius 3 is 2.65 bits per heavy atom. The Kier molecular flexibility index (Phi) is 3.53. The number of hydrogen-bond acceptors (Lipinski definition) is 2. The Balaban J connectivity index is 2.57. The Bertz CT molecular complexity index is 539. The van der Waals surface area contributed by atoms with Crippen molar-refractivity contribution in [3.63, 3.8) is 0 Å². The Hall–Kier alpha value is -1.28. The molecule has 2 aromatic rings. The smallest absolute Gasteiger partial charge is 0.0542 e. The van der Waals surface area contributed by atoms with E-state index in [1.165, 1.54) is 20.5 Å². The molecule has 0 radical (unpaired) electrons. The minimum Gasteiger partial charge on any atom is -0.374 e. The Morgan fingerprint density at radius 1 is 1.29 bits per heavy atom. The van der Waals surface area contributed by atoms with Crippen molar-refractivity contribution in [2.75, 3.05) is 13.6 Å². The van der Waals surface area contributed by atoms with E-state index in [0.29, 0.717) is 0 Å². The molecular weight excluding hydrogens is 226 g/mol. The van der Waals surface area contributed by atoms with E-state index < -0.39 is 0 Å². The van der Waals surface area contributed by atoms with Crippen LogP contribution in [0.4, 0.5) is 0 Å². The molecule has 0 atom stereocenters. The first kappa shape index (κ1) is 12.2. The largest absolute Gasteiger partial charge is 0.374 e. The summed E-state index contributed by atoms with van der Waals surface area (Å²) in [5.74, 6) is 0. The van der Waals surface area contributed by atoms with E-state index in [4.69, 9.17) is 0 Å². The minimum absolute atomic E-state index is 0.996. The van der Waals surface area contributed by atoms with E-state index in [0.717, 1.165) is 18.7 Å². The summed E-state index contributed by atoms with van der Waals surface area (Å²) in [5.41, 5.74) is 2.58. The number of hydrogen-bond donors (Lipinski definition) is 0. The van der Waals surface area contributed by atoms with Crippen LogP contribution in [0.15, 0.2) is 30.8 Å². The summed E-state index contributed by atoms with van der Waals surface area (Å²) in [6.07, 6.45) is 1.07. The summed E-state index contributed by atoms with van der Waals surface area (Å²) < 4.78 is 1.37. The minimum atomic E-state index is 0.996. The van der Waals surface area contributed by atoms with Crippen molar-refractivity contribution in [1.82, 2.24) is 4.90 Å². The van der Waals surface area contributed by atoms with Gasteiger partial charge in [0.1, 0.15) is 0 Å². The van der Waals surface area contributed by atoms with Crippen molar-refractivity contribution in [2.24, 2.45) is 0 Å². The lowest BCUT2D eigenvalue weighted by Crippen LogP contribution is -2.14. The lowest BCUT2D eigenvalue weighted by molar-refractivity contribution is 0.511. The van der Waals surface area contributed by atoms with Crippen LogP contribution in [-0.2, 0) is 6.42 Å². The van der Waals surface area contributed by atoms with Gasteiger partial charge in [0.05, 0.1) is 4.88 Å². The molecule has 0 fully saturated rings. The SMILES string of the molecule is C=C(c1sc2ccccc2c1CC)N(C)CC. The van der Waals surface area contributed by atoms with Crippen LogP contribution in [0.2, 0.25) is 0 Å². The molecule has 0 aliphatic heterocycles. The number of nitrogens with zero attached hydrogens (tertiary/aromatic N) is 1. The molecule has 0 aliphatic rings. The molecule has 0 bridgehead atoms. The topological polar surface area (TPSA) is 3.24 Å². The molecule has 0 amide bonds. The number of thiophene rings is 1. The molecule has 1 aromatic carbocycles. The van der Waals surface area contributed by atoms with Crippen molar-refractivity contribution >= 4 is 27.1 Å². The Morgan fingerprint density at radius 2 is 2.00 bits per heavy atom. The van der Waals surface area contributed by atoms with Crippen molar-refractivity contribution < 1.29 is 0 Å². The number of aryl methyl sites for hydroxylation is 1. The quantitative estimate of drug-likeness (QED) is 0.772. The van der Waals surface area contributed by atoms with E-state index >= 15 is 0 Å². The average molecular weight is 245 g/mol. The first-order valence-electron chi connectivity index (χ1n) is 6.09. The van der Waals surface area contributed by atoms with Crippen LogP contribution < -0.4 is 0 Å². The van der Waals surface area contributed by atoms with E-state index in [9.17, 15) is 0 Å².